The number of amides is 1. The molecule has 0 saturated carbocycles. The number of aryl methyl sites for hydroxylation is 2. The fraction of sp³-hybridized carbons (Fsp3) is 0.250. The number of aromatic nitrogens is 2. The monoisotopic (exact) mass is 319 g/mol. The molecule has 2 aromatic carbocycles. The maximum absolute atomic E-state index is 12.0. The van der Waals surface area contributed by atoms with Gasteiger partial charge in [0.15, 0.2) is 0 Å². The third kappa shape index (κ3) is 4.16. The van der Waals surface area contributed by atoms with Gasteiger partial charge in [0.05, 0.1) is 11.0 Å². The van der Waals surface area contributed by atoms with Gasteiger partial charge in [0.25, 0.3) is 0 Å². The van der Waals surface area contributed by atoms with Crippen LogP contribution in [-0.4, -0.2) is 15.9 Å². The van der Waals surface area contributed by atoms with Crippen LogP contribution in [0.2, 0.25) is 0 Å². The molecule has 0 aliphatic heterocycles. The van der Waals surface area contributed by atoms with Crippen LogP contribution >= 0.6 is 0 Å². The second-order valence-corrected chi connectivity index (χ2v) is 5.83. The number of carbonyl (C=O) groups excluding carboxylic acids is 1. The fourth-order valence-electron chi connectivity index (χ4n) is 2.61. The van der Waals surface area contributed by atoms with E-state index in [9.17, 15) is 4.79 Å². The molecule has 0 fully saturated rings. The first-order valence-corrected chi connectivity index (χ1v) is 8.29. The maximum atomic E-state index is 12.0. The minimum absolute atomic E-state index is 0.0637. The third-order valence-corrected chi connectivity index (χ3v) is 4.10. The van der Waals surface area contributed by atoms with E-state index in [4.69, 9.17) is 0 Å². The van der Waals surface area contributed by atoms with Crippen molar-refractivity contribution in [3.8, 4) is 0 Å². The molecule has 1 heterocycles. The smallest absolute Gasteiger partial charge is 0.220 e. The van der Waals surface area contributed by atoms with Crippen LogP contribution in [0, 0.1) is 0 Å². The SMILES string of the molecule is CCc1ccc(CCC(=O)NCc2ccc3nccnc3c2)cc1. The highest BCUT2D eigenvalue weighted by atomic mass is 16.1. The standard InChI is InChI=1S/C20H21N3O/c1-2-15-3-5-16(6-4-15)8-10-20(24)23-14-17-7-9-18-19(13-17)22-12-11-21-18/h3-7,9,11-13H,2,8,10,14H2,1H3,(H,23,24). The summed E-state index contributed by atoms with van der Waals surface area (Å²) >= 11 is 0. The largest absolute Gasteiger partial charge is 0.352 e. The molecule has 3 rings (SSSR count). The van der Waals surface area contributed by atoms with Crippen LogP contribution < -0.4 is 5.32 Å². The second-order valence-electron chi connectivity index (χ2n) is 5.83. The normalized spacial score (nSPS) is 10.7. The predicted molar refractivity (Wildman–Crippen MR) is 95.5 cm³/mol. The maximum Gasteiger partial charge on any atom is 0.220 e. The Bertz CT molecular complexity index is 828. The van der Waals surface area contributed by atoms with E-state index in [2.05, 4.69) is 46.5 Å². The Labute approximate surface area is 142 Å². The average Bonchev–Trinajstić information content (AvgIpc) is 2.65. The van der Waals surface area contributed by atoms with Gasteiger partial charge in [-0.3, -0.25) is 14.8 Å². The molecule has 4 heteroatoms. The minimum atomic E-state index is 0.0637. The molecule has 1 aromatic heterocycles. The van der Waals surface area contributed by atoms with E-state index in [1.807, 2.05) is 18.2 Å². The highest BCUT2D eigenvalue weighted by molar-refractivity contribution is 5.77. The van der Waals surface area contributed by atoms with E-state index in [1.54, 1.807) is 12.4 Å². The zero-order valence-corrected chi connectivity index (χ0v) is 13.8. The van der Waals surface area contributed by atoms with Crippen molar-refractivity contribution in [2.24, 2.45) is 0 Å². The first kappa shape index (κ1) is 16.1. The summed E-state index contributed by atoms with van der Waals surface area (Å²) in [5, 5.41) is 2.97. The highest BCUT2D eigenvalue weighted by Crippen LogP contribution is 2.11. The Morgan fingerprint density at radius 3 is 2.33 bits per heavy atom. The van der Waals surface area contributed by atoms with Crippen LogP contribution in [0.15, 0.2) is 54.9 Å². The number of hydrogen-bond donors (Lipinski definition) is 1. The summed E-state index contributed by atoms with van der Waals surface area (Å²) < 4.78 is 0. The lowest BCUT2D eigenvalue weighted by Crippen LogP contribution is -2.23. The Balaban J connectivity index is 1.50. The lowest BCUT2D eigenvalue weighted by atomic mass is 10.1. The van der Waals surface area contributed by atoms with Gasteiger partial charge < -0.3 is 5.32 Å². The molecule has 4 nitrogen and oxygen atoms in total. The van der Waals surface area contributed by atoms with Crippen LogP contribution in [0.5, 0.6) is 0 Å². The van der Waals surface area contributed by atoms with Gasteiger partial charge >= 0.3 is 0 Å². The van der Waals surface area contributed by atoms with Gasteiger partial charge in [-0.05, 0) is 41.7 Å². The van der Waals surface area contributed by atoms with Gasteiger partial charge in [0.1, 0.15) is 0 Å². The molecule has 1 amide bonds. The topological polar surface area (TPSA) is 54.9 Å². The van der Waals surface area contributed by atoms with Crippen LogP contribution in [0.1, 0.15) is 30.0 Å². The molecule has 1 N–H and O–H groups in total. The molecule has 0 saturated heterocycles. The predicted octanol–water partition coefficient (Wildman–Crippen LogP) is 3.44. The van der Waals surface area contributed by atoms with Gasteiger partial charge in [0.2, 0.25) is 5.91 Å². The zero-order valence-electron chi connectivity index (χ0n) is 13.8. The molecule has 0 atom stereocenters. The Morgan fingerprint density at radius 1 is 0.917 bits per heavy atom. The van der Waals surface area contributed by atoms with Crippen LogP contribution in [0.25, 0.3) is 11.0 Å². The van der Waals surface area contributed by atoms with Gasteiger partial charge in [0, 0.05) is 25.4 Å². The lowest BCUT2D eigenvalue weighted by molar-refractivity contribution is -0.121. The summed E-state index contributed by atoms with van der Waals surface area (Å²) in [7, 11) is 0. The van der Waals surface area contributed by atoms with E-state index in [0.29, 0.717) is 13.0 Å². The Kier molecular flexibility index (Phi) is 5.16. The number of rotatable bonds is 6. The second kappa shape index (κ2) is 7.68. The first-order chi connectivity index (χ1) is 11.7. The van der Waals surface area contributed by atoms with E-state index >= 15 is 0 Å². The highest BCUT2D eigenvalue weighted by Gasteiger charge is 2.04. The summed E-state index contributed by atoms with van der Waals surface area (Å²) in [6, 6.07) is 14.3. The van der Waals surface area contributed by atoms with Gasteiger partial charge in [-0.1, -0.05) is 37.3 Å². The molecule has 24 heavy (non-hydrogen) atoms. The number of nitrogens with zero attached hydrogens (tertiary/aromatic N) is 2. The van der Waals surface area contributed by atoms with E-state index in [1.165, 1.54) is 11.1 Å². The minimum Gasteiger partial charge on any atom is -0.352 e. The number of nitrogens with one attached hydrogen (secondary N) is 1. The van der Waals surface area contributed by atoms with Crippen LogP contribution in [0.3, 0.4) is 0 Å². The summed E-state index contributed by atoms with van der Waals surface area (Å²) in [6.07, 6.45) is 5.65. The van der Waals surface area contributed by atoms with Gasteiger partial charge in [-0.2, -0.15) is 0 Å². The molecule has 3 aromatic rings. The molecule has 0 aliphatic rings. The molecule has 0 aliphatic carbocycles. The molecule has 0 bridgehead atoms. The molecule has 0 unspecified atom stereocenters. The Morgan fingerprint density at radius 2 is 1.58 bits per heavy atom. The molecule has 122 valence electrons. The van der Waals surface area contributed by atoms with Gasteiger partial charge in [-0.15, -0.1) is 0 Å². The third-order valence-electron chi connectivity index (χ3n) is 4.10. The van der Waals surface area contributed by atoms with Crippen molar-refractivity contribution in [2.75, 3.05) is 0 Å². The van der Waals surface area contributed by atoms with Crippen molar-refractivity contribution in [1.29, 1.82) is 0 Å². The number of fused-ring (bicyclic) bond motifs is 1. The Hall–Kier alpha value is -2.75. The van der Waals surface area contributed by atoms with Crippen molar-refractivity contribution in [3.05, 3.63) is 71.5 Å². The number of carbonyl (C=O) groups is 1. The lowest BCUT2D eigenvalue weighted by Gasteiger charge is -2.07. The summed E-state index contributed by atoms with van der Waals surface area (Å²) in [4.78, 5) is 20.6. The van der Waals surface area contributed by atoms with Crippen molar-refractivity contribution in [3.63, 3.8) is 0 Å². The first-order valence-electron chi connectivity index (χ1n) is 8.29. The van der Waals surface area contributed by atoms with Gasteiger partial charge in [-0.25, -0.2) is 0 Å². The summed E-state index contributed by atoms with van der Waals surface area (Å²) in [5.41, 5.74) is 5.26. The van der Waals surface area contributed by atoms with Crippen LogP contribution in [0.4, 0.5) is 0 Å². The molecule has 0 radical (unpaired) electrons. The fourth-order valence-corrected chi connectivity index (χ4v) is 2.61. The van der Waals surface area contributed by atoms with E-state index in [0.717, 1.165) is 29.4 Å². The molecule has 0 spiro atoms. The van der Waals surface area contributed by atoms with Crippen LogP contribution in [-0.2, 0) is 24.2 Å². The van der Waals surface area contributed by atoms with E-state index < -0.39 is 0 Å². The summed E-state index contributed by atoms with van der Waals surface area (Å²) in [5.74, 6) is 0.0637. The van der Waals surface area contributed by atoms with Crippen molar-refractivity contribution < 1.29 is 4.79 Å². The molecular weight excluding hydrogens is 298 g/mol. The average molecular weight is 319 g/mol. The van der Waals surface area contributed by atoms with Crippen molar-refractivity contribution in [1.82, 2.24) is 15.3 Å². The quantitative estimate of drug-likeness (QED) is 0.757. The number of hydrogen-bond acceptors (Lipinski definition) is 3. The summed E-state index contributed by atoms with van der Waals surface area (Å²) in [6.45, 7) is 2.65. The molecular formula is C20H21N3O. The zero-order chi connectivity index (χ0) is 16.8. The van der Waals surface area contributed by atoms with E-state index in [-0.39, 0.29) is 5.91 Å². The number of benzene rings is 2. The van der Waals surface area contributed by atoms with Crippen molar-refractivity contribution >= 4 is 16.9 Å². The van der Waals surface area contributed by atoms with Crippen molar-refractivity contribution in [2.45, 2.75) is 32.7 Å².